The highest BCUT2D eigenvalue weighted by molar-refractivity contribution is 5.97. The molecule has 1 aliphatic rings. The topological polar surface area (TPSA) is 49.4 Å². The number of carbonyl (C=O) groups is 2. The standard InChI is InChI=1S/C20H21FN2O2/c21-18-7-3-2-6-17(18)14-22-19(24)15-8-10-16(11-9-15)20(25)23-12-4-1-5-13-23/h2-3,6-11H,1,4-5,12-14H2,(H,22,24). The number of nitrogens with zero attached hydrogens (tertiary/aromatic N) is 1. The minimum absolute atomic E-state index is 0.0121. The van der Waals surface area contributed by atoms with Crippen molar-refractivity contribution in [3.05, 3.63) is 71.0 Å². The van der Waals surface area contributed by atoms with Crippen LogP contribution in [0.1, 0.15) is 45.5 Å². The summed E-state index contributed by atoms with van der Waals surface area (Å²) in [6.07, 6.45) is 3.26. The first-order chi connectivity index (χ1) is 12.1. The fourth-order valence-corrected chi connectivity index (χ4v) is 2.96. The van der Waals surface area contributed by atoms with Gasteiger partial charge in [0.05, 0.1) is 0 Å². The number of carbonyl (C=O) groups excluding carboxylic acids is 2. The maximum atomic E-state index is 13.6. The summed E-state index contributed by atoms with van der Waals surface area (Å²) in [6, 6.07) is 13.0. The van der Waals surface area contributed by atoms with E-state index in [1.54, 1.807) is 42.5 Å². The Morgan fingerprint density at radius 1 is 0.920 bits per heavy atom. The van der Waals surface area contributed by atoms with Gasteiger partial charge >= 0.3 is 0 Å². The van der Waals surface area contributed by atoms with Gasteiger partial charge in [0.1, 0.15) is 5.82 Å². The van der Waals surface area contributed by atoms with E-state index in [9.17, 15) is 14.0 Å². The molecular formula is C20H21FN2O2. The number of amides is 2. The fraction of sp³-hybridized carbons (Fsp3) is 0.300. The molecule has 4 nitrogen and oxygen atoms in total. The summed E-state index contributed by atoms with van der Waals surface area (Å²) in [5, 5.41) is 2.69. The van der Waals surface area contributed by atoms with Gasteiger partial charge < -0.3 is 10.2 Å². The van der Waals surface area contributed by atoms with Crippen molar-refractivity contribution in [2.75, 3.05) is 13.1 Å². The van der Waals surface area contributed by atoms with E-state index in [4.69, 9.17) is 0 Å². The summed E-state index contributed by atoms with van der Waals surface area (Å²) in [7, 11) is 0. The third-order valence-electron chi connectivity index (χ3n) is 4.43. The van der Waals surface area contributed by atoms with E-state index in [0.717, 1.165) is 25.9 Å². The van der Waals surface area contributed by atoms with E-state index < -0.39 is 0 Å². The SMILES string of the molecule is O=C(NCc1ccccc1F)c1ccc(C(=O)N2CCCCC2)cc1. The summed E-state index contributed by atoms with van der Waals surface area (Å²) in [5.41, 5.74) is 1.48. The van der Waals surface area contributed by atoms with Crippen LogP contribution in [0, 0.1) is 5.82 Å². The van der Waals surface area contributed by atoms with Crippen molar-refractivity contribution in [1.82, 2.24) is 10.2 Å². The van der Waals surface area contributed by atoms with Crippen molar-refractivity contribution in [3.8, 4) is 0 Å². The Morgan fingerprint density at radius 3 is 2.24 bits per heavy atom. The van der Waals surface area contributed by atoms with E-state index in [-0.39, 0.29) is 24.2 Å². The monoisotopic (exact) mass is 340 g/mol. The number of rotatable bonds is 4. The van der Waals surface area contributed by atoms with Crippen LogP contribution in [0.4, 0.5) is 4.39 Å². The van der Waals surface area contributed by atoms with Crippen LogP contribution in [0.15, 0.2) is 48.5 Å². The van der Waals surface area contributed by atoms with Crippen LogP contribution >= 0.6 is 0 Å². The van der Waals surface area contributed by atoms with Crippen LogP contribution in [0.5, 0.6) is 0 Å². The fourth-order valence-electron chi connectivity index (χ4n) is 2.96. The predicted molar refractivity (Wildman–Crippen MR) is 93.8 cm³/mol. The number of halogens is 1. The van der Waals surface area contributed by atoms with Crippen LogP contribution < -0.4 is 5.32 Å². The molecule has 0 unspecified atom stereocenters. The number of nitrogens with one attached hydrogen (secondary N) is 1. The molecule has 0 aliphatic carbocycles. The molecule has 0 radical (unpaired) electrons. The van der Waals surface area contributed by atoms with Gasteiger partial charge in [-0.25, -0.2) is 4.39 Å². The van der Waals surface area contributed by atoms with Gasteiger partial charge in [-0.1, -0.05) is 18.2 Å². The number of likely N-dealkylation sites (tertiary alicyclic amines) is 1. The number of hydrogen-bond acceptors (Lipinski definition) is 2. The Morgan fingerprint density at radius 2 is 1.56 bits per heavy atom. The van der Waals surface area contributed by atoms with Gasteiger partial charge in [-0.3, -0.25) is 9.59 Å². The third-order valence-corrected chi connectivity index (χ3v) is 4.43. The maximum absolute atomic E-state index is 13.6. The van der Waals surface area contributed by atoms with Gasteiger partial charge in [-0.2, -0.15) is 0 Å². The van der Waals surface area contributed by atoms with Crippen LogP contribution in [0.25, 0.3) is 0 Å². The average Bonchev–Trinajstić information content (AvgIpc) is 2.67. The smallest absolute Gasteiger partial charge is 0.253 e. The Kier molecular flexibility index (Phi) is 5.43. The molecule has 0 atom stereocenters. The lowest BCUT2D eigenvalue weighted by atomic mass is 10.1. The first-order valence-electron chi connectivity index (χ1n) is 8.56. The highest BCUT2D eigenvalue weighted by Crippen LogP contribution is 2.14. The van der Waals surface area contributed by atoms with Gasteiger partial charge in [0.2, 0.25) is 0 Å². The molecular weight excluding hydrogens is 319 g/mol. The van der Waals surface area contributed by atoms with Crippen molar-refractivity contribution in [3.63, 3.8) is 0 Å². The third kappa shape index (κ3) is 4.24. The first kappa shape index (κ1) is 17.1. The molecule has 1 N–H and O–H groups in total. The molecule has 1 heterocycles. The van der Waals surface area contributed by atoms with Crippen molar-refractivity contribution < 1.29 is 14.0 Å². The normalized spacial score (nSPS) is 14.2. The Bertz CT molecular complexity index is 753. The summed E-state index contributed by atoms with van der Waals surface area (Å²) in [5.74, 6) is -0.622. The second kappa shape index (κ2) is 7.92. The van der Waals surface area contributed by atoms with Crippen LogP contribution in [-0.2, 0) is 6.54 Å². The Labute approximate surface area is 146 Å². The first-order valence-corrected chi connectivity index (χ1v) is 8.56. The van der Waals surface area contributed by atoms with Gasteiger partial charge in [0.25, 0.3) is 11.8 Å². The lowest BCUT2D eigenvalue weighted by Crippen LogP contribution is -2.35. The molecule has 0 aromatic heterocycles. The van der Waals surface area contributed by atoms with E-state index in [2.05, 4.69) is 5.32 Å². The molecule has 3 rings (SSSR count). The lowest BCUT2D eigenvalue weighted by Gasteiger charge is -2.26. The minimum atomic E-state index is -0.342. The number of hydrogen-bond donors (Lipinski definition) is 1. The molecule has 0 spiro atoms. The molecule has 130 valence electrons. The molecule has 1 saturated heterocycles. The van der Waals surface area contributed by atoms with Crippen LogP contribution in [0.2, 0.25) is 0 Å². The molecule has 2 aromatic carbocycles. The molecule has 25 heavy (non-hydrogen) atoms. The summed E-state index contributed by atoms with van der Waals surface area (Å²) in [4.78, 5) is 26.5. The average molecular weight is 340 g/mol. The Balaban J connectivity index is 1.60. The second-order valence-corrected chi connectivity index (χ2v) is 6.20. The Hall–Kier alpha value is -2.69. The summed E-state index contributed by atoms with van der Waals surface area (Å²) >= 11 is 0. The van der Waals surface area contributed by atoms with Crippen molar-refractivity contribution in [2.45, 2.75) is 25.8 Å². The van der Waals surface area contributed by atoms with E-state index >= 15 is 0 Å². The lowest BCUT2D eigenvalue weighted by molar-refractivity contribution is 0.0723. The van der Waals surface area contributed by atoms with Gasteiger partial charge in [0, 0.05) is 36.3 Å². The molecule has 0 saturated carbocycles. The zero-order valence-electron chi connectivity index (χ0n) is 14.0. The van der Waals surface area contributed by atoms with Gasteiger partial charge in [0.15, 0.2) is 0 Å². The van der Waals surface area contributed by atoms with Crippen molar-refractivity contribution >= 4 is 11.8 Å². The number of piperidine rings is 1. The van der Waals surface area contributed by atoms with E-state index in [1.165, 1.54) is 12.5 Å². The molecule has 2 aromatic rings. The second-order valence-electron chi connectivity index (χ2n) is 6.20. The van der Waals surface area contributed by atoms with Gasteiger partial charge in [-0.05, 0) is 49.6 Å². The largest absolute Gasteiger partial charge is 0.348 e. The summed E-state index contributed by atoms with van der Waals surface area (Å²) < 4.78 is 13.6. The van der Waals surface area contributed by atoms with Crippen molar-refractivity contribution in [1.29, 1.82) is 0 Å². The van der Waals surface area contributed by atoms with Crippen LogP contribution in [-0.4, -0.2) is 29.8 Å². The van der Waals surface area contributed by atoms with Crippen LogP contribution in [0.3, 0.4) is 0 Å². The highest BCUT2D eigenvalue weighted by Gasteiger charge is 2.18. The van der Waals surface area contributed by atoms with E-state index in [1.807, 2.05) is 4.90 Å². The zero-order valence-corrected chi connectivity index (χ0v) is 14.0. The quantitative estimate of drug-likeness (QED) is 0.927. The molecule has 1 fully saturated rings. The minimum Gasteiger partial charge on any atom is -0.348 e. The van der Waals surface area contributed by atoms with Crippen molar-refractivity contribution in [2.24, 2.45) is 0 Å². The molecule has 0 bridgehead atoms. The molecule has 2 amide bonds. The van der Waals surface area contributed by atoms with E-state index in [0.29, 0.717) is 16.7 Å². The summed E-state index contributed by atoms with van der Waals surface area (Å²) in [6.45, 7) is 1.72. The zero-order chi connectivity index (χ0) is 17.6. The number of benzene rings is 2. The molecule has 5 heteroatoms. The highest BCUT2D eigenvalue weighted by atomic mass is 19.1. The molecule has 1 aliphatic heterocycles. The predicted octanol–water partition coefficient (Wildman–Crippen LogP) is 3.38. The van der Waals surface area contributed by atoms with Gasteiger partial charge in [-0.15, -0.1) is 0 Å². The maximum Gasteiger partial charge on any atom is 0.253 e.